The van der Waals surface area contributed by atoms with Gasteiger partial charge in [0.2, 0.25) is 0 Å². The molecule has 0 aliphatic carbocycles. The van der Waals surface area contributed by atoms with E-state index in [1.807, 2.05) is 18.2 Å². The quantitative estimate of drug-likeness (QED) is 0.824. The number of nitriles is 1. The molecule has 3 nitrogen and oxygen atoms in total. The Kier molecular flexibility index (Phi) is 4.24. The van der Waals surface area contributed by atoms with Crippen molar-refractivity contribution >= 4 is 11.6 Å². The molecule has 0 saturated heterocycles. The lowest BCUT2D eigenvalue weighted by molar-refractivity contribution is 0.364. The molecule has 0 bridgehead atoms. The standard InChI is InChI=1S/C10H11ClN2O/c11-9-3-1-2-8(4-5-12)10(9)14-7-6-13/h1-3H,4-5,7,12H2. The predicted molar refractivity (Wildman–Crippen MR) is 55.3 cm³/mol. The summed E-state index contributed by atoms with van der Waals surface area (Å²) in [5, 5.41) is 8.92. The Balaban J connectivity index is 2.91. The van der Waals surface area contributed by atoms with Crippen LogP contribution < -0.4 is 10.5 Å². The number of nitrogens with zero attached hydrogens (tertiary/aromatic N) is 1. The predicted octanol–water partition coefficient (Wildman–Crippen LogP) is 1.74. The summed E-state index contributed by atoms with van der Waals surface area (Å²) in [5.41, 5.74) is 6.38. The van der Waals surface area contributed by atoms with Gasteiger partial charge in [0.25, 0.3) is 0 Å². The van der Waals surface area contributed by atoms with Gasteiger partial charge in [0.1, 0.15) is 11.8 Å². The zero-order valence-corrected chi connectivity index (χ0v) is 8.42. The highest BCUT2D eigenvalue weighted by Crippen LogP contribution is 2.28. The van der Waals surface area contributed by atoms with Crippen LogP contribution in [0.5, 0.6) is 5.75 Å². The van der Waals surface area contributed by atoms with Gasteiger partial charge in [0, 0.05) is 0 Å². The van der Waals surface area contributed by atoms with Gasteiger partial charge in [-0.3, -0.25) is 0 Å². The molecular weight excluding hydrogens is 200 g/mol. The molecule has 1 rings (SSSR count). The Hall–Kier alpha value is -1.24. The third-order valence-corrected chi connectivity index (χ3v) is 2.04. The molecule has 0 atom stereocenters. The van der Waals surface area contributed by atoms with Crippen molar-refractivity contribution in [3.63, 3.8) is 0 Å². The molecule has 0 heterocycles. The number of para-hydroxylation sites is 1. The van der Waals surface area contributed by atoms with Gasteiger partial charge in [-0.15, -0.1) is 0 Å². The van der Waals surface area contributed by atoms with Crippen molar-refractivity contribution in [2.45, 2.75) is 6.42 Å². The van der Waals surface area contributed by atoms with Crippen LogP contribution in [-0.2, 0) is 6.42 Å². The van der Waals surface area contributed by atoms with Crippen molar-refractivity contribution in [1.29, 1.82) is 5.26 Å². The van der Waals surface area contributed by atoms with E-state index in [0.717, 1.165) is 5.56 Å². The van der Waals surface area contributed by atoms with E-state index in [2.05, 4.69) is 0 Å². The highest BCUT2D eigenvalue weighted by atomic mass is 35.5. The van der Waals surface area contributed by atoms with Crippen molar-refractivity contribution in [1.82, 2.24) is 0 Å². The van der Waals surface area contributed by atoms with Crippen LogP contribution in [0.25, 0.3) is 0 Å². The molecule has 2 N–H and O–H groups in total. The van der Waals surface area contributed by atoms with Crippen LogP contribution in [0.1, 0.15) is 5.56 Å². The highest BCUT2D eigenvalue weighted by molar-refractivity contribution is 6.32. The van der Waals surface area contributed by atoms with Crippen LogP contribution in [0.15, 0.2) is 18.2 Å². The summed E-state index contributed by atoms with van der Waals surface area (Å²) in [6.07, 6.45) is 0.696. The number of ether oxygens (including phenoxy) is 1. The summed E-state index contributed by atoms with van der Waals surface area (Å²) >= 11 is 5.93. The average Bonchev–Trinajstić information content (AvgIpc) is 2.18. The molecule has 0 unspecified atom stereocenters. The minimum Gasteiger partial charge on any atom is -0.477 e. The molecule has 0 aliphatic rings. The van der Waals surface area contributed by atoms with Gasteiger partial charge < -0.3 is 10.5 Å². The first kappa shape index (κ1) is 10.8. The van der Waals surface area contributed by atoms with Gasteiger partial charge in [0.15, 0.2) is 6.61 Å². The largest absolute Gasteiger partial charge is 0.477 e. The molecule has 0 saturated carbocycles. The lowest BCUT2D eigenvalue weighted by Crippen LogP contribution is -2.05. The molecule has 0 radical (unpaired) electrons. The Morgan fingerprint density at radius 3 is 2.93 bits per heavy atom. The topological polar surface area (TPSA) is 59.0 Å². The van der Waals surface area contributed by atoms with Crippen LogP contribution in [0.2, 0.25) is 5.02 Å². The minimum absolute atomic E-state index is 0.00129. The monoisotopic (exact) mass is 210 g/mol. The zero-order chi connectivity index (χ0) is 10.4. The summed E-state index contributed by atoms with van der Waals surface area (Å²) in [6, 6.07) is 7.37. The average molecular weight is 211 g/mol. The van der Waals surface area contributed by atoms with Crippen LogP contribution in [0.3, 0.4) is 0 Å². The summed E-state index contributed by atoms with van der Waals surface area (Å²) in [6.45, 7) is 0.532. The second kappa shape index (κ2) is 5.48. The van der Waals surface area contributed by atoms with E-state index in [9.17, 15) is 0 Å². The van der Waals surface area contributed by atoms with Crippen molar-refractivity contribution in [2.24, 2.45) is 5.73 Å². The van der Waals surface area contributed by atoms with E-state index < -0.39 is 0 Å². The number of hydrogen-bond donors (Lipinski definition) is 1. The maximum Gasteiger partial charge on any atom is 0.174 e. The lowest BCUT2D eigenvalue weighted by atomic mass is 10.1. The first-order chi connectivity index (χ1) is 6.79. The maximum atomic E-state index is 8.40. The molecule has 4 heteroatoms. The number of nitrogens with two attached hydrogens (primary N) is 1. The third kappa shape index (κ3) is 2.63. The van der Waals surface area contributed by atoms with Gasteiger partial charge in [0.05, 0.1) is 5.02 Å². The maximum absolute atomic E-state index is 8.40. The van der Waals surface area contributed by atoms with E-state index in [4.69, 9.17) is 27.3 Å². The molecular formula is C10H11ClN2O. The van der Waals surface area contributed by atoms with Gasteiger partial charge in [-0.1, -0.05) is 23.7 Å². The molecule has 0 aromatic heterocycles. The molecule has 0 fully saturated rings. The SMILES string of the molecule is N#CCOc1c(Cl)cccc1CCN. The van der Waals surface area contributed by atoms with Gasteiger partial charge >= 0.3 is 0 Å². The first-order valence-corrected chi connectivity index (χ1v) is 4.64. The van der Waals surface area contributed by atoms with E-state index >= 15 is 0 Å². The van der Waals surface area contributed by atoms with E-state index in [1.54, 1.807) is 6.07 Å². The zero-order valence-electron chi connectivity index (χ0n) is 7.66. The second-order valence-corrected chi connectivity index (χ2v) is 3.12. The Bertz CT molecular complexity index is 346. The fourth-order valence-electron chi connectivity index (χ4n) is 1.17. The fraction of sp³-hybridized carbons (Fsp3) is 0.300. The smallest absolute Gasteiger partial charge is 0.174 e. The molecule has 1 aromatic carbocycles. The number of rotatable bonds is 4. The Morgan fingerprint density at radius 1 is 1.50 bits per heavy atom. The van der Waals surface area contributed by atoms with Crippen LogP contribution in [0.4, 0.5) is 0 Å². The summed E-state index contributed by atoms with van der Waals surface area (Å²) in [4.78, 5) is 0. The van der Waals surface area contributed by atoms with Gasteiger partial charge in [-0.05, 0) is 24.6 Å². The molecule has 14 heavy (non-hydrogen) atoms. The number of hydrogen-bond acceptors (Lipinski definition) is 3. The molecule has 0 spiro atoms. The summed E-state index contributed by atoms with van der Waals surface area (Å²) < 4.78 is 5.22. The van der Waals surface area contributed by atoms with Crippen molar-refractivity contribution < 1.29 is 4.74 Å². The van der Waals surface area contributed by atoms with Crippen LogP contribution >= 0.6 is 11.6 Å². The van der Waals surface area contributed by atoms with Gasteiger partial charge in [-0.25, -0.2) is 0 Å². The van der Waals surface area contributed by atoms with Crippen molar-refractivity contribution in [2.75, 3.05) is 13.2 Å². The summed E-state index contributed by atoms with van der Waals surface area (Å²) in [5.74, 6) is 0.571. The minimum atomic E-state index is 0.00129. The molecule has 0 aliphatic heterocycles. The molecule has 1 aromatic rings. The normalized spacial score (nSPS) is 9.50. The van der Waals surface area contributed by atoms with Crippen LogP contribution in [-0.4, -0.2) is 13.2 Å². The van der Waals surface area contributed by atoms with Gasteiger partial charge in [-0.2, -0.15) is 5.26 Å². The Labute approximate surface area is 88.0 Å². The van der Waals surface area contributed by atoms with Crippen molar-refractivity contribution in [3.8, 4) is 11.8 Å². The van der Waals surface area contributed by atoms with E-state index in [-0.39, 0.29) is 6.61 Å². The van der Waals surface area contributed by atoms with Crippen LogP contribution in [0, 0.1) is 11.3 Å². The summed E-state index contributed by atoms with van der Waals surface area (Å²) in [7, 11) is 0. The fourth-order valence-corrected chi connectivity index (χ4v) is 1.42. The van der Waals surface area contributed by atoms with Crippen molar-refractivity contribution in [3.05, 3.63) is 28.8 Å². The Morgan fingerprint density at radius 2 is 2.29 bits per heavy atom. The lowest BCUT2D eigenvalue weighted by Gasteiger charge is -2.09. The highest BCUT2D eigenvalue weighted by Gasteiger charge is 2.06. The number of halogens is 1. The number of benzene rings is 1. The van der Waals surface area contributed by atoms with E-state index in [1.165, 1.54) is 0 Å². The first-order valence-electron chi connectivity index (χ1n) is 4.26. The molecule has 74 valence electrons. The third-order valence-electron chi connectivity index (χ3n) is 1.74. The second-order valence-electron chi connectivity index (χ2n) is 2.71. The molecule has 0 amide bonds. The van der Waals surface area contributed by atoms with E-state index in [0.29, 0.717) is 23.7 Å².